The van der Waals surface area contributed by atoms with Crippen LogP contribution in [0.2, 0.25) is 0 Å². The lowest BCUT2D eigenvalue weighted by Gasteiger charge is -2.18. The molecule has 0 saturated carbocycles. The van der Waals surface area contributed by atoms with Crippen molar-refractivity contribution in [1.29, 1.82) is 0 Å². The summed E-state index contributed by atoms with van der Waals surface area (Å²) in [6.07, 6.45) is 0.944. The van der Waals surface area contributed by atoms with Crippen molar-refractivity contribution in [3.05, 3.63) is 77.6 Å². The molecule has 0 spiro atoms. The SMILES string of the molecule is Cc1cc2ccccc2n1-c1nc2c(c(NCc3ccccc3)n1)N(C)CC2. The van der Waals surface area contributed by atoms with E-state index >= 15 is 0 Å². The zero-order valence-corrected chi connectivity index (χ0v) is 16.2. The molecule has 3 heterocycles. The summed E-state index contributed by atoms with van der Waals surface area (Å²) in [5.41, 5.74) is 5.75. The van der Waals surface area contributed by atoms with E-state index in [9.17, 15) is 0 Å². The monoisotopic (exact) mass is 369 g/mol. The number of nitrogens with zero attached hydrogens (tertiary/aromatic N) is 4. The third-order valence-electron chi connectivity index (χ3n) is 5.41. The number of benzene rings is 2. The molecule has 2 aromatic carbocycles. The van der Waals surface area contributed by atoms with Gasteiger partial charge in [0.2, 0.25) is 5.95 Å². The maximum Gasteiger partial charge on any atom is 0.236 e. The predicted molar refractivity (Wildman–Crippen MR) is 114 cm³/mol. The second-order valence-corrected chi connectivity index (χ2v) is 7.36. The lowest BCUT2D eigenvalue weighted by atomic mass is 10.2. The summed E-state index contributed by atoms with van der Waals surface area (Å²) in [5, 5.41) is 4.76. The summed E-state index contributed by atoms with van der Waals surface area (Å²) in [7, 11) is 2.11. The van der Waals surface area contributed by atoms with Crippen LogP contribution in [0.5, 0.6) is 0 Å². The standard InChI is InChI=1S/C23H23N5/c1-16-14-18-10-6-7-11-20(18)28(16)23-25-19-12-13-27(2)21(19)22(26-23)24-15-17-8-4-3-5-9-17/h3-11,14H,12-13,15H2,1-2H3,(H,24,25,26). The molecule has 0 aliphatic carbocycles. The molecule has 5 nitrogen and oxygen atoms in total. The minimum atomic E-state index is 0.739. The van der Waals surface area contributed by atoms with Gasteiger partial charge in [0, 0.05) is 37.6 Å². The van der Waals surface area contributed by atoms with Crippen LogP contribution in [0.3, 0.4) is 0 Å². The molecule has 140 valence electrons. The van der Waals surface area contributed by atoms with Crippen LogP contribution in [0.1, 0.15) is 17.0 Å². The Morgan fingerprint density at radius 3 is 2.64 bits per heavy atom. The molecule has 0 radical (unpaired) electrons. The van der Waals surface area contributed by atoms with Gasteiger partial charge in [0.15, 0.2) is 5.82 Å². The van der Waals surface area contributed by atoms with Crippen LogP contribution in [-0.2, 0) is 13.0 Å². The molecule has 1 aliphatic heterocycles. The Morgan fingerprint density at radius 1 is 1.00 bits per heavy atom. The number of aromatic nitrogens is 3. The van der Waals surface area contributed by atoms with Gasteiger partial charge in [-0.05, 0) is 24.6 Å². The fraction of sp³-hybridized carbons (Fsp3) is 0.217. The molecule has 5 heteroatoms. The van der Waals surface area contributed by atoms with E-state index in [4.69, 9.17) is 9.97 Å². The van der Waals surface area contributed by atoms with E-state index < -0.39 is 0 Å². The third-order valence-corrected chi connectivity index (χ3v) is 5.41. The number of rotatable bonds is 4. The van der Waals surface area contributed by atoms with Crippen molar-refractivity contribution in [3.8, 4) is 5.95 Å². The molecule has 1 aliphatic rings. The molecule has 0 atom stereocenters. The smallest absolute Gasteiger partial charge is 0.236 e. The maximum atomic E-state index is 4.96. The minimum absolute atomic E-state index is 0.739. The Morgan fingerprint density at radius 2 is 1.79 bits per heavy atom. The van der Waals surface area contributed by atoms with E-state index in [1.54, 1.807) is 0 Å². The summed E-state index contributed by atoms with van der Waals surface area (Å²) in [6, 6.07) is 21.0. The number of nitrogens with one attached hydrogen (secondary N) is 1. The van der Waals surface area contributed by atoms with Gasteiger partial charge in [0.25, 0.3) is 0 Å². The highest BCUT2D eigenvalue weighted by atomic mass is 15.2. The zero-order valence-electron chi connectivity index (χ0n) is 16.2. The Labute approximate surface area is 164 Å². The van der Waals surface area contributed by atoms with E-state index in [-0.39, 0.29) is 0 Å². The average Bonchev–Trinajstić information content (AvgIpc) is 3.26. The first-order valence-electron chi connectivity index (χ1n) is 9.68. The Balaban J connectivity index is 1.61. The van der Waals surface area contributed by atoms with Gasteiger partial charge in [-0.3, -0.25) is 4.57 Å². The fourth-order valence-electron chi connectivity index (χ4n) is 4.01. The van der Waals surface area contributed by atoms with Crippen LogP contribution in [0.15, 0.2) is 60.7 Å². The number of hydrogen-bond donors (Lipinski definition) is 1. The molecule has 0 amide bonds. The summed E-state index contributed by atoms with van der Waals surface area (Å²) >= 11 is 0. The molecule has 4 aromatic rings. The zero-order chi connectivity index (χ0) is 19.1. The van der Waals surface area contributed by atoms with E-state index in [1.807, 2.05) is 6.07 Å². The highest BCUT2D eigenvalue weighted by molar-refractivity contribution is 5.83. The topological polar surface area (TPSA) is 46.0 Å². The highest BCUT2D eigenvalue weighted by Gasteiger charge is 2.24. The quantitative estimate of drug-likeness (QED) is 0.581. The van der Waals surface area contributed by atoms with Crippen molar-refractivity contribution in [2.75, 3.05) is 23.8 Å². The minimum Gasteiger partial charge on any atom is -0.370 e. The van der Waals surface area contributed by atoms with Gasteiger partial charge in [-0.25, -0.2) is 4.98 Å². The predicted octanol–water partition coefficient (Wildman–Crippen LogP) is 4.33. The van der Waals surface area contributed by atoms with Gasteiger partial charge >= 0.3 is 0 Å². The third kappa shape index (κ3) is 2.80. The van der Waals surface area contributed by atoms with Gasteiger partial charge in [-0.2, -0.15) is 4.98 Å². The normalized spacial score (nSPS) is 13.1. The summed E-state index contributed by atoms with van der Waals surface area (Å²) in [6.45, 7) is 3.82. The molecule has 1 N–H and O–H groups in total. The van der Waals surface area contributed by atoms with Gasteiger partial charge in [0.1, 0.15) is 5.69 Å². The van der Waals surface area contributed by atoms with Crippen molar-refractivity contribution >= 4 is 22.4 Å². The second-order valence-electron chi connectivity index (χ2n) is 7.36. The fourth-order valence-corrected chi connectivity index (χ4v) is 4.01. The number of likely N-dealkylation sites (N-methyl/N-ethyl adjacent to an activating group) is 1. The molecule has 5 rings (SSSR count). The van der Waals surface area contributed by atoms with Crippen molar-refractivity contribution in [2.45, 2.75) is 19.9 Å². The Hall–Kier alpha value is -3.34. The summed E-state index contributed by atoms with van der Waals surface area (Å²) < 4.78 is 2.15. The van der Waals surface area contributed by atoms with Crippen molar-refractivity contribution in [2.24, 2.45) is 0 Å². The lowest BCUT2D eigenvalue weighted by Crippen LogP contribution is -2.16. The van der Waals surface area contributed by atoms with Crippen LogP contribution in [0.25, 0.3) is 16.9 Å². The van der Waals surface area contributed by atoms with Crippen molar-refractivity contribution in [3.63, 3.8) is 0 Å². The number of anilines is 2. The van der Waals surface area contributed by atoms with Gasteiger partial charge < -0.3 is 10.2 Å². The van der Waals surface area contributed by atoms with E-state index in [0.29, 0.717) is 0 Å². The number of para-hydroxylation sites is 1. The number of hydrogen-bond acceptors (Lipinski definition) is 4. The van der Waals surface area contributed by atoms with Crippen molar-refractivity contribution in [1.82, 2.24) is 14.5 Å². The first-order chi connectivity index (χ1) is 13.7. The first kappa shape index (κ1) is 16.8. The molecular weight excluding hydrogens is 346 g/mol. The number of aryl methyl sites for hydroxylation is 1. The van der Waals surface area contributed by atoms with Crippen LogP contribution in [-0.4, -0.2) is 28.1 Å². The van der Waals surface area contributed by atoms with Crippen LogP contribution < -0.4 is 10.2 Å². The molecule has 0 fully saturated rings. The van der Waals surface area contributed by atoms with E-state index in [2.05, 4.69) is 83.4 Å². The van der Waals surface area contributed by atoms with Crippen LogP contribution >= 0.6 is 0 Å². The average molecular weight is 369 g/mol. The lowest BCUT2D eigenvalue weighted by molar-refractivity contribution is 0.899. The first-order valence-corrected chi connectivity index (χ1v) is 9.68. The molecular formula is C23H23N5. The molecule has 28 heavy (non-hydrogen) atoms. The van der Waals surface area contributed by atoms with E-state index in [0.717, 1.165) is 53.9 Å². The second kappa shape index (κ2) is 6.68. The van der Waals surface area contributed by atoms with Crippen LogP contribution in [0.4, 0.5) is 11.5 Å². The highest BCUT2D eigenvalue weighted by Crippen LogP contribution is 2.34. The summed E-state index contributed by atoms with van der Waals surface area (Å²) in [5.74, 6) is 1.64. The Kier molecular flexibility index (Phi) is 4.01. The number of fused-ring (bicyclic) bond motifs is 2. The molecule has 2 aromatic heterocycles. The summed E-state index contributed by atoms with van der Waals surface area (Å²) in [4.78, 5) is 12.1. The molecule has 0 unspecified atom stereocenters. The molecule has 0 bridgehead atoms. The van der Waals surface area contributed by atoms with Gasteiger partial charge in [-0.15, -0.1) is 0 Å². The largest absolute Gasteiger partial charge is 0.370 e. The molecule has 0 saturated heterocycles. The van der Waals surface area contributed by atoms with Crippen molar-refractivity contribution < 1.29 is 0 Å². The van der Waals surface area contributed by atoms with E-state index in [1.165, 1.54) is 10.9 Å². The van der Waals surface area contributed by atoms with Crippen LogP contribution in [0, 0.1) is 6.92 Å². The maximum absolute atomic E-state index is 4.96. The Bertz CT molecular complexity index is 1150. The van der Waals surface area contributed by atoms with Gasteiger partial charge in [-0.1, -0.05) is 48.5 Å². The van der Waals surface area contributed by atoms with Gasteiger partial charge in [0.05, 0.1) is 11.2 Å².